The van der Waals surface area contributed by atoms with Gasteiger partial charge in [-0.1, -0.05) is 36.4 Å². The van der Waals surface area contributed by atoms with Gasteiger partial charge in [-0.05, 0) is 25.5 Å². The van der Waals surface area contributed by atoms with Crippen LogP contribution >= 0.6 is 0 Å². The molecule has 0 saturated carbocycles. The van der Waals surface area contributed by atoms with Gasteiger partial charge in [-0.25, -0.2) is 0 Å². The number of carbonyl (C=O) groups is 1. The molecule has 0 bridgehead atoms. The Morgan fingerprint density at radius 1 is 1.07 bits per heavy atom. The molecule has 5 nitrogen and oxygen atoms in total. The SMILES string of the molecule is CC1CN(Cc2ccc3c(c2)CO/C3=C2/C(=O)Nc3ccccc32)CC(C)O1. The zero-order chi connectivity index (χ0) is 19.3. The second-order valence-electron chi connectivity index (χ2n) is 7.94. The Balaban J connectivity index is 1.44. The summed E-state index contributed by atoms with van der Waals surface area (Å²) in [5.74, 6) is 0.599. The van der Waals surface area contributed by atoms with Crippen molar-refractivity contribution in [2.45, 2.75) is 39.2 Å². The highest BCUT2D eigenvalue weighted by atomic mass is 16.5. The molecule has 1 saturated heterocycles. The number of anilines is 1. The maximum absolute atomic E-state index is 12.6. The number of fused-ring (bicyclic) bond motifs is 2. The molecule has 2 atom stereocenters. The molecule has 3 heterocycles. The zero-order valence-electron chi connectivity index (χ0n) is 16.2. The van der Waals surface area contributed by atoms with Crippen LogP contribution < -0.4 is 5.32 Å². The lowest BCUT2D eigenvalue weighted by Gasteiger charge is -2.35. The minimum atomic E-state index is -0.0931. The van der Waals surface area contributed by atoms with Crippen LogP contribution in [0.3, 0.4) is 0 Å². The predicted octanol–water partition coefficient (Wildman–Crippen LogP) is 3.65. The van der Waals surface area contributed by atoms with E-state index < -0.39 is 0 Å². The van der Waals surface area contributed by atoms with E-state index in [2.05, 4.69) is 42.3 Å². The molecule has 3 aliphatic heterocycles. The van der Waals surface area contributed by atoms with E-state index in [1.807, 2.05) is 24.3 Å². The van der Waals surface area contributed by atoms with Gasteiger partial charge in [0.1, 0.15) is 12.4 Å². The van der Waals surface area contributed by atoms with Crippen LogP contribution in [0.25, 0.3) is 11.3 Å². The van der Waals surface area contributed by atoms with Crippen LogP contribution in [0.4, 0.5) is 5.69 Å². The molecule has 3 aliphatic rings. The number of hydrogen-bond donors (Lipinski definition) is 1. The lowest BCUT2D eigenvalue weighted by Crippen LogP contribution is -2.44. The fraction of sp³-hybridized carbons (Fsp3) is 0.348. The average Bonchev–Trinajstić information content (AvgIpc) is 3.20. The lowest BCUT2D eigenvalue weighted by molar-refractivity contribution is -0.110. The first-order valence-electron chi connectivity index (χ1n) is 9.86. The molecule has 0 spiro atoms. The second-order valence-corrected chi connectivity index (χ2v) is 7.94. The number of para-hydroxylation sites is 1. The molecule has 0 radical (unpaired) electrons. The predicted molar refractivity (Wildman–Crippen MR) is 108 cm³/mol. The monoisotopic (exact) mass is 376 g/mol. The molecule has 1 amide bonds. The van der Waals surface area contributed by atoms with E-state index >= 15 is 0 Å². The summed E-state index contributed by atoms with van der Waals surface area (Å²) in [6, 6.07) is 14.2. The number of hydrogen-bond acceptors (Lipinski definition) is 4. The number of ether oxygens (including phenoxy) is 2. The van der Waals surface area contributed by atoms with Crippen LogP contribution in [0.1, 0.15) is 36.1 Å². The van der Waals surface area contributed by atoms with Gasteiger partial charge in [0, 0.05) is 42.0 Å². The largest absolute Gasteiger partial charge is 0.487 e. The molecular weight excluding hydrogens is 352 g/mol. The summed E-state index contributed by atoms with van der Waals surface area (Å²) in [5.41, 5.74) is 5.83. The van der Waals surface area contributed by atoms with E-state index in [0.29, 0.717) is 17.9 Å². The summed E-state index contributed by atoms with van der Waals surface area (Å²) in [5, 5.41) is 2.93. The molecule has 1 fully saturated rings. The van der Waals surface area contributed by atoms with Crippen LogP contribution in [-0.4, -0.2) is 36.1 Å². The van der Waals surface area contributed by atoms with Gasteiger partial charge in [-0.3, -0.25) is 9.69 Å². The quantitative estimate of drug-likeness (QED) is 0.813. The maximum atomic E-state index is 12.6. The summed E-state index contributed by atoms with van der Waals surface area (Å²) in [7, 11) is 0. The molecule has 144 valence electrons. The normalized spacial score (nSPS) is 26.6. The Morgan fingerprint density at radius 2 is 1.86 bits per heavy atom. The number of carbonyl (C=O) groups excluding carboxylic acids is 1. The Morgan fingerprint density at radius 3 is 2.68 bits per heavy atom. The van der Waals surface area contributed by atoms with Gasteiger partial charge in [-0.2, -0.15) is 0 Å². The van der Waals surface area contributed by atoms with E-state index in [4.69, 9.17) is 9.47 Å². The van der Waals surface area contributed by atoms with Gasteiger partial charge >= 0.3 is 0 Å². The van der Waals surface area contributed by atoms with Crippen molar-refractivity contribution in [2.24, 2.45) is 0 Å². The van der Waals surface area contributed by atoms with Crippen molar-refractivity contribution in [3.63, 3.8) is 0 Å². The Bertz CT molecular complexity index is 972. The van der Waals surface area contributed by atoms with E-state index in [-0.39, 0.29) is 18.1 Å². The minimum absolute atomic E-state index is 0.0931. The van der Waals surface area contributed by atoms with Crippen LogP contribution in [0.15, 0.2) is 42.5 Å². The number of nitrogens with one attached hydrogen (secondary N) is 1. The smallest absolute Gasteiger partial charge is 0.260 e. The first-order chi connectivity index (χ1) is 13.6. The lowest BCUT2D eigenvalue weighted by atomic mass is 9.99. The highest BCUT2D eigenvalue weighted by molar-refractivity contribution is 6.36. The Kier molecular flexibility index (Phi) is 4.22. The number of benzene rings is 2. The molecule has 1 N–H and O–H groups in total. The van der Waals surface area contributed by atoms with Gasteiger partial charge in [0.2, 0.25) is 0 Å². The summed E-state index contributed by atoms with van der Waals surface area (Å²) in [4.78, 5) is 15.0. The first-order valence-corrected chi connectivity index (χ1v) is 9.86. The van der Waals surface area contributed by atoms with E-state index in [1.165, 1.54) is 5.56 Å². The first kappa shape index (κ1) is 17.5. The van der Waals surface area contributed by atoms with E-state index in [9.17, 15) is 4.79 Å². The van der Waals surface area contributed by atoms with Crippen LogP contribution in [0.5, 0.6) is 0 Å². The second kappa shape index (κ2) is 6.76. The molecule has 2 aromatic carbocycles. The minimum Gasteiger partial charge on any atom is -0.487 e. The molecule has 5 rings (SSSR count). The van der Waals surface area contributed by atoms with Gasteiger partial charge in [0.05, 0.1) is 17.8 Å². The summed E-state index contributed by atoms with van der Waals surface area (Å²) in [6.45, 7) is 7.56. The van der Waals surface area contributed by atoms with Crippen LogP contribution in [-0.2, 0) is 27.4 Å². The van der Waals surface area contributed by atoms with E-state index in [0.717, 1.165) is 42.0 Å². The number of rotatable bonds is 2. The molecule has 0 aliphatic carbocycles. The van der Waals surface area contributed by atoms with Gasteiger partial charge in [0.15, 0.2) is 0 Å². The summed E-state index contributed by atoms with van der Waals surface area (Å²) in [6.07, 6.45) is 0.526. The van der Waals surface area contributed by atoms with Crippen LogP contribution in [0, 0.1) is 0 Å². The van der Waals surface area contributed by atoms with Crippen molar-refractivity contribution in [3.8, 4) is 0 Å². The van der Waals surface area contributed by atoms with Crippen molar-refractivity contribution >= 4 is 22.9 Å². The van der Waals surface area contributed by atoms with Crippen molar-refractivity contribution in [2.75, 3.05) is 18.4 Å². The molecule has 28 heavy (non-hydrogen) atoms. The molecule has 2 aromatic rings. The van der Waals surface area contributed by atoms with Crippen molar-refractivity contribution in [1.82, 2.24) is 4.90 Å². The number of amides is 1. The molecular formula is C23H24N2O3. The van der Waals surface area contributed by atoms with Crippen molar-refractivity contribution < 1.29 is 14.3 Å². The zero-order valence-corrected chi connectivity index (χ0v) is 16.2. The molecule has 0 aromatic heterocycles. The number of morpholine rings is 1. The number of nitrogens with zero attached hydrogens (tertiary/aromatic N) is 1. The van der Waals surface area contributed by atoms with Crippen molar-refractivity contribution in [1.29, 1.82) is 0 Å². The third kappa shape index (κ3) is 3.01. The third-order valence-corrected chi connectivity index (χ3v) is 5.59. The van der Waals surface area contributed by atoms with Gasteiger partial charge < -0.3 is 14.8 Å². The van der Waals surface area contributed by atoms with Gasteiger partial charge in [-0.15, -0.1) is 0 Å². The van der Waals surface area contributed by atoms with E-state index in [1.54, 1.807) is 0 Å². The highest BCUT2D eigenvalue weighted by Crippen LogP contribution is 2.41. The van der Waals surface area contributed by atoms with Crippen molar-refractivity contribution in [3.05, 3.63) is 64.7 Å². The molecule has 5 heteroatoms. The summed E-state index contributed by atoms with van der Waals surface area (Å²) < 4.78 is 11.8. The average molecular weight is 376 g/mol. The standard InChI is InChI=1S/C23H24N2O3/c1-14-10-25(11-15(2)28-14)12-16-7-8-18-17(9-16)13-27-22(18)21-19-5-3-4-6-20(19)24-23(21)26/h3-9,14-15H,10-13H2,1-2H3,(H,24,26)/b22-21+. The highest BCUT2D eigenvalue weighted by Gasteiger charge is 2.32. The summed E-state index contributed by atoms with van der Waals surface area (Å²) >= 11 is 0. The topological polar surface area (TPSA) is 50.8 Å². The fourth-order valence-corrected chi connectivity index (χ4v) is 4.54. The van der Waals surface area contributed by atoms with Gasteiger partial charge in [0.25, 0.3) is 5.91 Å². The molecule has 2 unspecified atom stereocenters. The Labute approximate surface area is 164 Å². The fourth-order valence-electron chi connectivity index (χ4n) is 4.54. The van der Waals surface area contributed by atoms with Crippen LogP contribution in [0.2, 0.25) is 0 Å². The Hall–Kier alpha value is -2.63. The third-order valence-electron chi connectivity index (χ3n) is 5.59. The maximum Gasteiger partial charge on any atom is 0.260 e.